The van der Waals surface area contributed by atoms with Crippen molar-refractivity contribution >= 4 is 21.5 Å². The van der Waals surface area contributed by atoms with Crippen LogP contribution in [0.1, 0.15) is 49.7 Å². The maximum Gasteiger partial charge on any atom is 0.164 e. The first-order valence-corrected chi connectivity index (χ1v) is 21.7. The second kappa shape index (κ2) is 14.0. The van der Waals surface area contributed by atoms with Crippen LogP contribution in [-0.2, 0) is 10.8 Å². The lowest BCUT2D eigenvalue weighted by Gasteiger charge is -2.63. The summed E-state index contributed by atoms with van der Waals surface area (Å²) in [7, 11) is 0. The average molecular weight is 772 g/mol. The molecule has 0 aliphatic heterocycles. The van der Waals surface area contributed by atoms with Crippen molar-refractivity contribution in [3.63, 3.8) is 0 Å². The molecule has 0 radical (unpaired) electrons. The summed E-state index contributed by atoms with van der Waals surface area (Å²) in [5, 5.41) is 5.28. The number of benzene rings is 8. The Balaban J connectivity index is 0.850. The lowest BCUT2D eigenvalue weighted by molar-refractivity contribution is -0.0281. The van der Waals surface area contributed by atoms with Crippen molar-refractivity contribution in [2.75, 3.05) is 0 Å². The fourth-order valence-electron chi connectivity index (χ4n) is 12.0. The molecule has 3 heteroatoms. The zero-order valence-electron chi connectivity index (χ0n) is 33.6. The molecule has 0 spiro atoms. The van der Waals surface area contributed by atoms with Crippen molar-refractivity contribution in [2.45, 2.75) is 49.4 Å². The van der Waals surface area contributed by atoms with E-state index >= 15 is 0 Å². The fourth-order valence-corrected chi connectivity index (χ4v) is 12.0. The molecule has 0 saturated heterocycles. The first-order chi connectivity index (χ1) is 29.6. The van der Waals surface area contributed by atoms with Crippen molar-refractivity contribution in [2.24, 2.45) is 11.8 Å². The molecule has 2 atom stereocenters. The molecule has 4 bridgehead atoms. The van der Waals surface area contributed by atoms with Gasteiger partial charge in [-0.25, -0.2) is 15.0 Å². The number of hydrogen-bond acceptors (Lipinski definition) is 3. The molecule has 1 aromatic heterocycles. The van der Waals surface area contributed by atoms with E-state index in [1.807, 2.05) is 36.4 Å². The molecule has 4 aliphatic carbocycles. The van der Waals surface area contributed by atoms with E-state index in [1.165, 1.54) is 87.9 Å². The van der Waals surface area contributed by atoms with Crippen LogP contribution in [-0.4, -0.2) is 15.0 Å². The monoisotopic (exact) mass is 771 g/mol. The van der Waals surface area contributed by atoms with Crippen LogP contribution in [0.15, 0.2) is 188 Å². The number of nitrogens with zero attached hydrogens (tertiary/aromatic N) is 3. The molecule has 8 aromatic carbocycles. The molecule has 13 rings (SSSR count). The van der Waals surface area contributed by atoms with Crippen LogP contribution in [0.4, 0.5) is 0 Å². The van der Waals surface area contributed by atoms with E-state index in [2.05, 4.69) is 152 Å². The molecule has 9 aromatic rings. The van der Waals surface area contributed by atoms with Gasteiger partial charge in [-0.2, -0.15) is 0 Å². The summed E-state index contributed by atoms with van der Waals surface area (Å²) in [6, 6.07) is 68.6. The summed E-state index contributed by atoms with van der Waals surface area (Å²) in [4.78, 5) is 14.9. The fraction of sp³-hybridized carbons (Fsp3) is 0.175. The molecule has 4 fully saturated rings. The number of rotatable bonds is 7. The molecule has 0 N–H and O–H groups in total. The highest BCUT2D eigenvalue weighted by Gasteiger charge is 2.58. The highest BCUT2D eigenvalue weighted by molar-refractivity contribution is 6.13. The van der Waals surface area contributed by atoms with E-state index in [4.69, 9.17) is 15.0 Å². The minimum atomic E-state index is 0.226. The predicted octanol–water partition coefficient (Wildman–Crippen LogP) is 14.3. The second-order valence-corrected chi connectivity index (χ2v) is 18.0. The van der Waals surface area contributed by atoms with Gasteiger partial charge in [0.2, 0.25) is 0 Å². The Morgan fingerprint density at radius 2 is 0.817 bits per heavy atom. The summed E-state index contributed by atoms with van der Waals surface area (Å²) >= 11 is 0. The van der Waals surface area contributed by atoms with E-state index < -0.39 is 0 Å². The Hall–Kier alpha value is -6.71. The standard InChI is InChI=1S/C57H45N3/c1-3-12-42(13-4-1)53-58-54(43-14-5-2-6-15-43)60-55(59-53)46-18-11-17-44(31-46)40-22-26-47(27-23-40)56-33-38-30-39(34-56)36-57(35-38,37-56)48-28-24-41(25-29-48)52-32-45-16-7-8-19-49(45)50-20-9-10-21-51(50)52/h1-29,31-32,38-39H,30,33-37H2. The van der Waals surface area contributed by atoms with E-state index in [9.17, 15) is 0 Å². The highest BCUT2D eigenvalue weighted by Crippen LogP contribution is 2.66. The summed E-state index contributed by atoms with van der Waals surface area (Å²) in [5.74, 6) is 3.61. The van der Waals surface area contributed by atoms with Crippen LogP contribution >= 0.6 is 0 Å². The zero-order chi connectivity index (χ0) is 39.7. The van der Waals surface area contributed by atoms with Crippen LogP contribution in [0, 0.1) is 11.8 Å². The summed E-state index contributed by atoms with van der Waals surface area (Å²) in [5.41, 5.74) is 11.5. The maximum atomic E-state index is 5.01. The van der Waals surface area contributed by atoms with Crippen molar-refractivity contribution < 1.29 is 0 Å². The van der Waals surface area contributed by atoms with Gasteiger partial charge in [0.05, 0.1) is 0 Å². The quantitative estimate of drug-likeness (QED) is 0.151. The molecule has 288 valence electrons. The first kappa shape index (κ1) is 35.3. The van der Waals surface area contributed by atoms with Gasteiger partial charge in [-0.1, -0.05) is 176 Å². The Kier molecular flexibility index (Phi) is 8.20. The molecule has 3 nitrogen and oxygen atoms in total. The molecule has 60 heavy (non-hydrogen) atoms. The topological polar surface area (TPSA) is 38.7 Å². The number of hydrogen-bond donors (Lipinski definition) is 0. The minimum Gasteiger partial charge on any atom is -0.208 e. The van der Waals surface area contributed by atoms with Gasteiger partial charge < -0.3 is 0 Å². The highest BCUT2D eigenvalue weighted by atomic mass is 15.0. The largest absolute Gasteiger partial charge is 0.208 e. The molecule has 2 unspecified atom stereocenters. The summed E-state index contributed by atoms with van der Waals surface area (Å²) < 4.78 is 0. The van der Waals surface area contributed by atoms with Gasteiger partial charge in [0.25, 0.3) is 0 Å². The van der Waals surface area contributed by atoms with E-state index in [-0.39, 0.29) is 10.8 Å². The van der Waals surface area contributed by atoms with Gasteiger partial charge >= 0.3 is 0 Å². The SMILES string of the molecule is c1ccc(-c2nc(-c3ccccc3)nc(-c3cccc(-c4ccc(C56CC7CC(C5)CC(c5ccc(-c8cc9ccccc9c9ccccc89)cc5)(C7)C6)cc4)c3)n2)cc1. The van der Waals surface area contributed by atoms with E-state index in [1.54, 1.807) is 5.56 Å². The van der Waals surface area contributed by atoms with Gasteiger partial charge in [-0.3, -0.25) is 0 Å². The van der Waals surface area contributed by atoms with Gasteiger partial charge in [0.15, 0.2) is 17.5 Å². The average Bonchev–Trinajstić information content (AvgIpc) is 3.31. The zero-order valence-corrected chi connectivity index (χ0v) is 33.6. The molecular formula is C57H45N3. The van der Waals surface area contributed by atoms with Crippen molar-refractivity contribution in [3.05, 3.63) is 199 Å². The molecule has 4 aliphatic rings. The maximum absolute atomic E-state index is 5.01. The Labute approximate surface area is 351 Å². The van der Waals surface area contributed by atoms with Crippen LogP contribution < -0.4 is 0 Å². The van der Waals surface area contributed by atoms with Gasteiger partial charge in [-0.05, 0) is 128 Å². The Bertz CT molecular complexity index is 2970. The lowest BCUT2D eigenvalue weighted by Crippen LogP contribution is -2.55. The third-order valence-electron chi connectivity index (χ3n) is 14.3. The molecule has 0 amide bonds. The van der Waals surface area contributed by atoms with Crippen LogP contribution in [0.2, 0.25) is 0 Å². The van der Waals surface area contributed by atoms with Crippen molar-refractivity contribution in [1.29, 1.82) is 0 Å². The number of aromatic nitrogens is 3. The first-order valence-electron chi connectivity index (χ1n) is 21.7. The van der Waals surface area contributed by atoms with Crippen LogP contribution in [0.5, 0.6) is 0 Å². The second-order valence-electron chi connectivity index (χ2n) is 18.0. The van der Waals surface area contributed by atoms with Crippen LogP contribution in [0.25, 0.3) is 78.0 Å². The summed E-state index contributed by atoms with van der Waals surface area (Å²) in [6.45, 7) is 0. The summed E-state index contributed by atoms with van der Waals surface area (Å²) in [6.07, 6.45) is 7.91. The Morgan fingerprint density at radius 3 is 1.42 bits per heavy atom. The van der Waals surface area contributed by atoms with Crippen LogP contribution in [0.3, 0.4) is 0 Å². The van der Waals surface area contributed by atoms with Crippen molar-refractivity contribution in [1.82, 2.24) is 15.0 Å². The minimum absolute atomic E-state index is 0.226. The molecule has 4 saturated carbocycles. The lowest BCUT2D eigenvalue weighted by atomic mass is 9.41. The smallest absolute Gasteiger partial charge is 0.164 e. The molecular weight excluding hydrogens is 727 g/mol. The predicted molar refractivity (Wildman–Crippen MR) is 246 cm³/mol. The van der Waals surface area contributed by atoms with Gasteiger partial charge in [0, 0.05) is 16.7 Å². The third-order valence-corrected chi connectivity index (χ3v) is 14.3. The molecule has 1 heterocycles. The normalized spacial score (nSPS) is 21.7. The Morgan fingerprint density at radius 1 is 0.350 bits per heavy atom. The van der Waals surface area contributed by atoms with E-state index in [0.29, 0.717) is 17.5 Å². The van der Waals surface area contributed by atoms with E-state index in [0.717, 1.165) is 28.5 Å². The van der Waals surface area contributed by atoms with Gasteiger partial charge in [-0.15, -0.1) is 0 Å². The van der Waals surface area contributed by atoms with Crippen molar-refractivity contribution in [3.8, 4) is 56.4 Å². The number of fused-ring (bicyclic) bond motifs is 3. The third kappa shape index (κ3) is 5.98. The van der Waals surface area contributed by atoms with Gasteiger partial charge in [0.1, 0.15) is 0 Å².